The number of methoxy groups -OCH3 is 1. The van der Waals surface area contributed by atoms with Crippen LogP contribution in [0.5, 0.6) is 11.5 Å². The van der Waals surface area contributed by atoms with Gasteiger partial charge in [-0.1, -0.05) is 37.6 Å². The van der Waals surface area contributed by atoms with E-state index in [9.17, 15) is 39.2 Å². The van der Waals surface area contributed by atoms with Gasteiger partial charge >= 0.3 is 18.1 Å². The highest BCUT2D eigenvalue weighted by atomic mass is 17.0. The van der Waals surface area contributed by atoms with Gasteiger partial charge < -0.3 is 33.6 Å². The van der Waals surface area contributed by atoms with E-state index < -0.39 is 64.7 Å². The van der Waals surface area contributed by atoms with Crippen molar-refractivity contribution in [3.63, 3.8) is 0 Å². The zero-order chi connectivity index (χ0) is 37.1. The van der Waals surface area contributed by atoms with E-state index in [1.165, 1.54) is 31.4 Å². The monoisotopic (exact) mass is 711 g/mol. The maximum Gasteiger partial charge on any atom is 0.509 e. The third-order valence-electron chi connectivity index (χ3n) is 11.0. The second-order valence-corrected chi connectivity index (χ2v) is 13.6. The minimum atomic E-state index is -1.74. The topological polar surface area (TPSA) is 204 Å². The molecule has 0 bridgehead atoms. The van der Waals surface area contributed by atoms with Gasteiger partial charge in [0, 0.05) is 29.2 Å². The highest BCUT2D eigenvalue weighted by Gasteiger charge is 2.70. The highest BCUT2D eigenvalue weighted by Crippen LogP contribution is 2.67. The summed E-state index contributed by atoms with van der Waals surface area (Å²) in [4.78, 5) is 78.1. The Kier molecular flexibility index (Phi) is 10.7. The molecule has 0 saturated heterocycles. The Morgan fingerprint density at radius 1 is 1.12 bits per heavy atom. The molecule has 15 nitrogen and oxygen atoms in total. The summed E-state index contributed by atoms with van der Waals surface area (Å²) in [5.74, 6) is -2.91. The molecule has 4 aliphatic rings. The average molecular weight is 712 g/mol. The molecule has 0 amide bonds. The number of Topliss-reactive ketones (excluding diaryl/α,β-unsaturated/α-hetero) is 1. The number of ether oxygens (including phenoxy) is 5. The van der Waals surface area contributed by atoms with Gasteiger partial charge in [-0.3, -0.25) is 9.59 Å². The second-order valence-electron chi connectivity index (χ2n) is 13.6. The zero-order valence-corrected chi connectivity index (χ0v) is 28.8. The largest absolute Gasteiger partial charge is 0.509 e. The van der Waals surface area contributed by atoms with Gasteiger partial charge in [-0.2, -0.15) is 0 Å². The fraction of sp³-hybridized carbons (Fsp3) is 0.528. The van der Waals surface area contributed by atoms with E-state index in [4.69, 9.17) is 23.7 Å². The second kappa shape index (κ2) is 14.7. The molecule has 0 aromatic heterocycles. The van der Waals surface area contributed by atoms with Crippen molar-refractivity contribution >= 4 is 35.7 Å². The molecule has 0 heterocycles. The molecular weight excluding hydrogens is 670 g/mol. The predicted octanol–water partition coefficient (Wildman–Crippen LogP) is 4.13. The number of hydrogen-bond acceptors (Lipinski definition) is 14. The number of hydrogen-bond donors (Lipinski definition) is 1. The fourth-order valence-corrected chi connectivity index (χ4v) is 8.79. The molecule has 1 aromatic carbocycles. The van der Waals surface area contributed by atoms with Crippen LogP contribution in [0.15, 0.2) is 48.1 Å². The molecule has 4 aliphatic carbocycles. The molecule has 0 unspecified atom stereocenters. The summed E-state index contributed by atoms with van der Waals surface area (Å²) >= 11 is 0. The van der Waals surface area contributed by atoms with Gasteiger partial charge in [0.25, 0.3) is 5.09 Å². The van der Waals surface area contributed by atoms with E-state index in [1.54, 1.807) is 13.0 Å². The number of aliphatic hydroxyl groups excluding tert-OH is 1. The summed E-state index contributed by atoms with van der Waals surface area (Å²) in [6.07, 6.45) is 7.77. The lowest BCUT2D eigenvalue weighted by Crippen LogP contribution is -2.63. The van der Waals surface area contributed by atoms with E-state index in [0.717, 1.165) is 11.6 Å². The number of allylic oxidation sites excluding steroid dienone is 4. The van der Waals surface area contributed by atoms with Gasteiger partial charge in [-0.15, -0.1) is 10.1 Å². The first-order chi connectivity index (χ1) is 24.2. The molecule has 7 atom stereocenters. The van der Waals surface area contributed by atoms with Crippen LogP contribution in [0.1, 0.15) is 58.4 Å². The number of nitrogens with zero attached hydrogens (tertiary/aromatic N) is 1. The first-order valence-electron chi connectivity index (χ1n) is 16.7. The Hall–Kier alpha value is -5.05. The molecule has 2 fully saturated rings. The summed E-state index contributed by atoms with van der Waals surface area (Å²) in [5.41, 5.74) is -1.88. The third-order valence-corrected chi connectivity index (χ3v) is 11.0. The molecular formula is C36H41NO14. The normalized spacial score (nSPS) is 30.6. The summed E-state index contributed by atoms with van der Waals surface area (Å²) in [6.45, 7) is 3.86. The van der Waals surface area contributed by atoms with Crippen LogP contribution >= 0.6 is 0 Å². The van der Waals surface area contributed by atoms with E-state index in [1.807, 2.05) is 19.9 Å². The van der Waals surface area contributed by atoms with Crippen molar-refractivity contribution in [2.45, 2.75) is 64.6 Å². The minimum absolute atomic E-state index is 0.0115. The van der Waals surface area contributed by atoms with Gasteiger partial charge in [-0.25, -0.2) is 14.4 Å². The SMILES string of the molecule is CCOC(=O)O[C@]1(C(=O)COC(=O)C=Cc2ccc(OC(=O)CO[N+](=O)[O-])c(OC)c2)CC[C@H]2[C@@H]3CC=C4CC(=O)C=C[C@]4(C)[C@H]3[C@@H](O)C[C@@]21C. The van der Waals surface area contributed by atoms with Crippen LogP contribution in [0.4, 0.5) is 4.79 Å². The lowest BCUT2D eigenvalue weighted by molar-refractivity contribution is -0.754. The van der Waals surface area contributed by atoms with E-state index in [-0.39, 0.29) is 54.5 Å². The average Bonchev–Trinajstić information content (AvgIpc) is 3.37. The number of fused-ring (bicyclic) bond motifs is 5. The van der Waals surface area contributed by atoms with Crippen molar-refractivity contribution in [3.8, 4) is 11.5 Å². The summed E-state index contributed by atoms with van der Waals surface area (Å²) in [7, 11) is 1.30. The van der Waals surface area contributed by atoms with Crippen LogP contribution in [0.25, 0.3) is 6.08 Å². The van der Waals surface area contributed by atoms with Gasteiger partial charge in [0.15, 0.2) is 36.1 Å². The quantitative estimate of drug-likeness (QED) is 0.0809. The van der Waals surface area contributed by atoms with Crippen molar-refractivity contribution < 1.29 is 62.7 Å². The summed E-state index contributed by atoms with van der Waals surface area (Å²) in [5, 5.41) is 21.0. The van der Waals surface area contributed by atoms with Gasteiger partial charge in [-0.05, 0) is 74.3 Å². The van der Waals surface area contributed by atoms with Crippen molar-refractivity contribution in [3.05, 3.63) is 63.8 Å². The number of rotatable bonds is 12. The van der Waals surface area contributed by atoms with Crippen LogP contribution < -0.4 is 9.47 Å². The van der Waals surface area contributed by atoms with Crippen LogP contribution in [0.2, 0.25) is 0 Å². The smallest absolute Gasteiger partial charge is 0.493 e. The van der Waals surface area contributed by atoms with E-state index in [2.05, 4.69) is 10.9 Å². The Morgan fingerprint density at radius 2 is 1.88 bits per heavy atom. The number of aliphatic hydroxyl groups is 1. The molecule has 15 heteroatoms. The lowest BCUT2D eigenvalue weighted by atomic mass is 9.47. The molecule has 5 rings (SSSR count). The molecule has 0 radical (unpaired) electrons. The number of carbonyl (C=O) groups is 5. The molecule has 1 aromatic rings. The molecule has 0 spiro atoms. The lowest BCUT2D eigenvalue weighted by Gasteiger charge is -2.59. The van der Waals surface area contributed by atoms with Gasteiger partial charge in [0.05, 0.1) is 19.8 Å². The summed E-state index contributed by atoms with van der Waals surface area (Å²) in [6, 6.07) is 4.25. The molecule has 1 N–H and O–H groups in total. The molecule has 2 saturated carbocycles. The fourth-order valence-electron chi connectivity index (χ4n) is 8.79. The van der Waals surface area contributed by atoms with Gasteiger partial charge in [0.2, 0.25) is 5.78 Å². The van der Waals surface area contributed by atoms with Crippen molar-refractivity contribution in [2.24, 2.45) is 28.6 Å². The Bertz CT molecular complexity index is 1700. The Balaban J connectivity index is 1.31. The summed E-state index contributed by atoms with van der Waals surface area (Å²) < 4.78 is 26.6. The predicted molar refractivity (Wildman–Crippen MR) is 175 cm³/mol. The highest BCUT2D eigenvalue weighted by molar-refractivity contribution is 5.95. The van der Waals surface area contributed by atoms with Crippen LogP contribution in [-0.2, 0) is 38.2 Å². The minimum Gasteiger partial charge on any atom is -0.493 e. The van der Waals surface area contributed by atoms with Crippen molar-refractivity contribution in [1.29, 1.82) is 0 Å². The zero-order valence-electron chi connectivity index (χ0n) is 28.8. The van der Waals surface area contributed by atoms with Crippen LogP contribution in [-0.4, -0.2) is 78.5 Å². The first-order valence-corrected chi connectivity index (χ1v) is 16.7. The number of ketones is 2. The van der Waals surface area contributed by atoms with E-state index >= 15 is 0 Å². The van der Waals surface area contributed by atoms with Crippen molar-refractivity contribution in [2.75, 3.05) is 26.9 Å². The van der Waals surface area contributed by atoms with Crippen LogP contribution in [0.3, 0.4) is 0 Å². The maximum atomic E-state index is 14.2. The number of carbonyl (C=O) groups excluding carboxylic acids is 5. The first kappa shape index (κ1) is 37.2. The van der Waals surface area contributed by atoms with Crippen molar-refractivity contribution in [1.82, 2.24) is 0 Å². The molecule has 0 aliphatic heterocycles. The third kappa shape index (κ3) is 7.12. The molecule has 274 valence electrons. The molecule has 51 heavy (non-hydrogen) atoms. The Labute approximate surface area is 293 Å². The number of benzene rings is 1. The maximum absolute atomic E-state index is 14.2. The van der Waals surface area contributed by atoms with Gasteiger partial charge in [0.1, 0.15) is 0 Å². The van der Waals surface area contributed by atoms with E-state index in [0.29, 0.717) is 24.8 Å². The standard InChI is InChI=1S/C36H41NO14/c1-5-47-33(43)51-36(15-13-25-24-9-8-22-17-23(38)12-14-34(22,2)32(24)26(39)18-35(25,36)3)29(40)19-48-30(41)11-7-21-6-10-27(28(16-21)46-4)50-31(42)20-49-37(44)45/h6-8,10-12,14,16,24-26,32,39H,5,9,13,15,17-20H2,1-4H3/t24-,25-,26-,32+,34-,35-,36-/m0/s1. The Morgan fingerprint density at radius 3 is 2.59 bits per heavy atom. The van der Waals surface area contributed by atoms with Crippen LogP contribution in [0, 0.1) is 38.7 Å². The number of esters is 2.